The van der Waals surface area contributed by atoms with Crippen molar-refractivity contribution in [2.45, 2.75) is 37.8 Å². The van der Waals surface area contributed by atoms with Crippen molar-refractivity contribution in [3.8, 4) is 0 Å². The summed E-state index contributed by atoms with van der Waals surface area (Å²) in [6, 6.07) is 5.78. The van der Waals surface area contributed by atoms with Crippen LogP contribution in [-0.2, 0) is 0 Å². The second-order valence-electron chi connectivity index (χ2n) is 6.64. The van der Waals surface area contributed by atoms with Gasteiger partial charge in [-0.1, -0.05) is 0 Å². The molecule has 1 fully saturated rings. The zero-order valence-corrected chi connectivity index (χ0v) is 14.1. The van der Waals surface area contributed by atoms with Crippen molar-refractivity contribution >= 4 is 22.8 Å². The molecule has 0 saturated heterocycles. The Hall–Kier alpha value is -2.74. The minimum absolute atomic E-state index is 0.178. The summed E-state index contributed by atoms with van der Waals surface area (Å²) < 4.78 is 28.8. The Morgan fingerprint density at radius 1 is 1.08 bits per heavy atom. The van der Waals surface area contributed by atoms with Gasteiger partial charge in [-0.15, -0.1) is 5.10 Å². The van der Waals surface area contributed by atoms with Crippen LogP contribution in [0.4, 0.5) is 26.0 Å². The number of imidazole rings is 1. The summed E-state index contributed by atoms with van der Waals surface area (Å²) in [5, 5.41) is 10.9. The van der Waals surface area contributed by atoms with Crippen molar-refractivity contribution < 1.29 is 8.78 Å². The molecule has 0 radical (unpaired) electrons. The van der Waals surface area contributed by atoms with Crippen LogP contribution in [0.2, 0.25) is 0 Å². The van der Waals surface area contributed by atoms with E-state index < -0.39 is 11.6 Å². The van der Waals surface area contributed by atoms with Gasteiger partial charge in [0.25, 0.3) is 0 Å². The van der Waals surface area contributed by atoms with Gasteiger partial charge in [0.05, 0.1) is 11.4 Å². The largest absolute Gasteiger partial charge is 0.366 e. The van der Waals surface area contributed by atoms with Crippen LogP contribution >= 0.6 is 0 Å². The van der Waals surface area contributed by atoms with Crippen LogP contribution in [0.25, 0.3) is 5.65 Å². The summed E-state index contributed by atoms with van der Waals surface area (Å²) >= 11 is 0. The molecule has 1 aliphatic carbocycles. The lowest BCUT2D eigenvalue weighted by atomic mass is 9.92. The first-order chi connectivity index (χ1) is 12.6. The molecule has 0 aliphatic heterocycles. The molecule has 6 nitrogen and oxygen atoms in total. The third-order valence-electron chi connectivity index (χ3n) is 4.68. The summed E-state index contributed by atoms with van der Waals surface area (Å²) in [6.07, 6.45) is 7.29. The average Bonchev–Trinajstić information content (AvgIpc) is 3.08. The highest BCUT2D eigenvalue weighted by Crippen LogP contribution is 2.27. The van der Waals surface area contributed by atoms with Crippen LogP contribution < -0.4 is 16.4 Å². The number of anilines is 3. The predicted octanol–water partition coefficient (Wildman–Crippen LogP) is 3.43. The van der Waals surface area contributed by atoms with Crippen molar-refractivity contribution in [1.29, 1.82) is 0 Å². The lowest BCUT2D eigenvalue weighted by molar-refractivity contribution is 0.410. The summed E-state index contributed by atoms with van der Waals surface area (Å²) in [5.74, 6) is -0.616. The fourth-order valence-electron chi connectivity index (χ4n) is 3.29. The smallest absolute Gasteiger partial charge is 0.177 e. The van der Waals surface area contributed by atoms with E-state index in [-0.39, 0.29) is 11.7 Å². The molecule has 26 heavy (non-hydrogen) atoms. The molecule has 0 atom stereocenters. The molecule has 0 spiro atoms. The van der Waals surface area contributed by atoms with Gasteiger partial charge in [-0.3, -0.25) is 0 Å². The fraction of sp³-hybridized carbons (Fsp3) is 0.333. The molecule has 2 heterocycles. The number of aromatic nitrogens is 3. The lowest BCUT2D eigenvalue weighted by Gasteiger charge is -2.27. The molecule has 0 bridgehead atoms. The van der Waals surface area contributed by atoms with Gasteiger partial charge in [0.1, 0.15) is 17.5 Å². The molecule has 0 amide bonds. The Kier molecular flexibility index (Phi) is 4.42. The quantitative estimate of drug-likeness (QED) is 0.666. The number of fused-ring (bicyclic) bond motifs is 1. The number of benzene rings is 1. The van der Waals surface area contributed by atoms with E-state index >= 15 is 0 Å². The van der Waals surface area contributed by atoms with E-state index in [0.717, 1.165) is 31.7 Å². The molecular formula is C18H20F2N6. The van der Waals surface area contributed by atoms with Crippen LogP contribution in [0.1, 0.15) is 25.7 Å². The minimum Gasteiger partial charge on any atom is -0.366 e. The number of nitrogens with one attached hydrogen (secondary N) is 2. The van der Waals surface area contributed by atoms with Gasteiger partial charge in [0.15, 0.2) is 5.65 Å². The van der Waals surface area contributed by atoms with Gasteiger partial charge in [-0.25, -0.2) is 18.3 Å². The van der Waals surface area contributed by atoms with E-state index in [0.29, 0.717) is 23.2 Å². The number of halogens is 2. The van der Waals surface area contributed by atoms with Gasteiger partial charge >= 0.3 is 0 Å². The predicted molar refractivity (Wildman–Crippen MR) is 96.5 cm³/mol. The van der Waals surface area contributed by atoms with Crippen molar-refractivity contribution in [3.63, 3.8) is 0 Å². The highest BCUT2D eigenvalue weighted by atomic mass is 19.1. The van der Waals surface area contributed by atoms with Crippen LogP contribution in [0.15, 0.2) is 36.7 Å². The van der Waals surface area contributed by atoms with E-state index in [1.165, 1.54) is 12.1 Å². The second-order valence-corrected chi connectivity index (χ2v) is 6.64. The Morgan fingerprint density at radius 2 is 1.88 bits per heavy atom. The van der Waals surface area contributed by atoms with Gasteiger partial charge in [-0.2, -0.15) is 0 Å². The first-order valence-corrected chi connectivity index (χ1v) is 8.67. The highest BCUT2D eigenvalue weighted by molar-refractivity contribution is 5.76. The molecule has 1 aliphatic rings. The zero-order valence-electron chi connectivity index (χ0n) is 14.1. The zero-order chi connectivity index (χ0) is 18.1. The Bertz CT molecular complexity index is 917. The number of hydrogen-bond acceptors (Lipinski definition) is 5. The molecule has 0 unspecified atom stereocenters. The normalized spacial score (nSPS) is 20.3. The Labute approximate surface area is 149 Å². The van der Waals surface area contributed by atoms with Crippen LogP contribution in [0.5, 0.6) is 0 Å². The van der Waals surface area contributed by atoms with E-state index in [4.69, 9.17) is 5.73 Å². The standard InChI is InChI=1S/C18H20F2N6/c19-11-1-6-15(14(20)9-11)24-16-10-17(25-26-8-7-22-18(16)26)23-13-4-2-12(21)3-5-13/h1,6-10,12-13,24H,2-5,21H2,(H,23,25). The van der Waals surface area contributed by atoms with Gasteiger partial charge < -0.3 is 16.4 Å². The molecule has 1 aromatic carbocycles. The number of rotatable bonds is 4. The molecule has 2 aromatic heterocycles. The molecule has 3 aromatic rings. The van der Waals surface area contributed by atoms with E-state index in [1.807, 2.05) is 0 Å². The number of hydrogen-bond donors (Lipinski definition) is 3. The average molecular weight is 358 g/mol. The maximum absolute atomic E-state index is 14.0. The topological polar surface area (TPSA) is 80.3 Å². The molecule has 8 heteroatoms. The van der Waals surface area contributed by atoms with E-state index in [2.05, 4.69) is 20.7 Å². The Balaban J connectivity index is 1.62. The molecule has 4 N–H and O–H groups in total. The van der Waals surface area contributed by atoms with Crippen molar-refractivity contribution in [3.05, 3.63) is 48.3 Å². The minimum atomic E-state index is -0.665. The maximum Gasteiger partial charge on any atom is 0.177 e. The van der Waals surface area contributed by atoms with Crippen molar-refractivity contribution in [2.75, 3.05) is 10.6 Å². The summed E-state index contributed by atoms with van der Waals surface area (Å²) in [6.45, 7) is 0. The number of nitrogens with two attached hydrogens (primary N) is 1. The van der Waals surface area contributed by atoms with Crippen molar-refractivity contribution in [2.24, 2.45) is 5.73 Å². The molecule has 1 saturated carbocycles. The lowest BCUT2D eigenvalue weighted by Crippen LogP contribution is -2.33. The summed E-state index contributed by atoms with van der Waals surface area (Å²) in [4.78, 5) is 4.26. The SMILES string of the molecule is NC1CCC(Nc2cc(Nc3ccc(F)cc3F)c3nccn3n2)CC1. The first kappa shape index (κ1) is 16.7. The maximum atomic E-state index is 14.0. The van der Waals surface area contributed by atoms with Crippen LogP contribution in [0.3, 0.4) is 0 Å². The molecular weight excluding hydrogens is 338 g/mol. The van der Waals surface area contributed by atoms with Gasteiger partial charge in [-0.05, 0) is 37.8 Å². The van der Waals surface area contributed by atoms with Crippen molar-refractivity contribution in [1.82, 2.24) is 14.6 Å². The molecule has 136 valence electrons. The Morgan fingerprint density at radius 3 is 2.65 bits per heavy atom. The summed E-state index contributed by atoms with van der Waals surface area (Å²) in [7, 11) is 0. The third kappa shape index (κ3) is 3.45. The van der Waals surface area contributed by atoms with Gasteiger partial charge in [0.2, 0.25) is 0 Å². The monoisotopic (exact) mass is 358 g/mol. The third-order valence-corrected chi connectivity index (χ3v) is 4.68. The van der Waals surface area contributed by atoms with Gasteiger partial charge in [0, 0.05) is 36.6 Å². The number of nitrogens with zero attached hydrogens (tertiary/aromatic N) is 3. The molecule has 4 rings (SSSR count). The van der Waals surface area contributed by atoms with Crippen LogP contribution in [-0.4, -0.2) is 26.7 Å². The van der Waals surface area contributed by atoms with E-state index in [1.54, 1.807) is 23.0 Å². The second kappa shape index (κ2) is 6.87. The van der Waals surface area contributed by atoms with E-state index in [9.17, 15) is 8.78 Å². The first-order valence-electron chi connectivity index (χ1n) is 8.67. The summed E-state index contributed by atoms with van der Waals surface area (Å²) in [5.41, 5.74) is 7.28. The highest BCUT2D eigenvalue weighted by Gasteiger charge is 2.19. The fourth-order valence-corrected chi connectivity index (χ4v) is 3.29. The van der Waals surface area contributed by atoms with Crippen LogP contribution in [0, 0.1) is 11.6 Å².